The summed E-state index contributed by atoms with van der Waals surface area (Å²) in [6.45, 7) is 9.23. The summed E-state index contributed by atoms with van der Waals surface area (Å²) in [5.41, 5.74) is 0. The van der Waals surface area contributed by atoms with Crippen molar-refractivity contribution in [3.63, 3.8) is 0 Å². The van der Waals surface area contributed by atoms with Crippen molar-refractivity contribution in [3.8, 4) is 0 Å². The average Bonchev–Trinajstić information content (AvgIpc) is 3.39. The second-order valence-corrected chi connectivity index (χ2v) is 13.5. The molecule has 18 heteroatoms. The number of aliphatic hydroxyl groups is 1. The van der Waals surface area contributed by atoms with Gasteiger partial charge in [-0.15, -0.1) is 0 Å². The minimum Gasteiger partial charge on any atom is -0.463 e. The van der Waals surface area contributed by atoms with E-state index in [2.05, 4.69) is 0 Å². The standard InChI is InChI=1S/C38H60O18/c1-8-14-26(41)47-21-25-33(52-29(44)17-11-4)36(49-23(7)40)38(55-25,22-48-27(42)15-9-2)56-37-35(54-31(46)19-13-6)34(53-30(45)18-12-5)32(24(20-39)50-37)51-28(43)16-10-3/h24-25,32-37,39H,8-22H2,1-7H3/t24-,25-,32-,33-,34+,35-,36+,37-,38+/m1/s1. The highest BCUT2D eigenvalue weighted by Crippen LogP contribution is 2.42. The van der Waals surface area contributed by atoms with Crippen LogP contribution in [0, 0.1) is 0 Å². The lowest BCUT2D eigenvalue weighted by atomic mass is 9.97. The van der Waals surface area contributed by atoms with E-state index >= 15 is 0 Å². The lowest BCUT2D eigenvalue weighted by Gasteiger charge is -2.46. The lowest BCUT2D eigenvalue weighted by molar-refractivity contribution is -0.384. The number of rotatable bonds is 24. The SMILES string of the molecule is CCCC(=O)OC[C@H]1O[C@@](COC(=O)CCC)(O[C@H]2O[C@H](CO)[C@@H](OC(=O)CCC)[C@H](OC(=O)CCC)[C@H]2OC(=O)CCC)[C@@H](OC(C)=O)[C@@H]1OC(=O)CCC. The van der Waals surface area contributed by atoms with Crippen LogP contribution >= 0.6 is 0 Å². The molecule has 0 aromatic rings. The van der Waals surface area contributed by atoms with Crippen LogP contribution in [-0.2, 0) is 80.9 Å². The molecule has 2 fully saturated rings. The van der Waals surface area contributed by atoms with Crippen molar-refractivity contribution in [2.45, 2.75) is 180 Å². The molecule has 0 amide bonds. The van der Waals surface area contributed by atoms with Crippen molar-refractivity contribution in [2.24, 2.45) is 0 Å². The first-order valence-electron chi connectivity index (χ1n) is 19.6. The highest BCUT2D eigenvalue weighted by molar-refractivity contribution is 5.72. The van der Waals surface area contributed by atoms with Crippen LogP contribution in [0.5, 0.6) is 0 Å². The maximum Gasteiger partial charge on any atom is 0.306 e. The van der Waals surface area contributed by atoms with Crippen LogP contribution in [0.4, 0.5) is 0 Å². The maximum atomic E-state index is 13.2. The van der Waals surface area contributed by atoms with E-state index in [0.717, 1.165) is 6.92 Å². The van der Waals surface area contributed by atoms with Gasteiger partial charge in [-0.25, -0.2) is 0 Å². The summed E-state index contributed by atoms with van der Waals surface area (Å²) >= 11 is 0. The van der Waals surface area contributed by atoms with Crippen LogP contribution in [0.1, 0.15) is 126 Å². The Labute approximate surface area is 327 Å². The Morgan fingerprint density at radius 3 is 1.43 bits per heavy atom. The van der Waals surface area contributed by atoms with Crippen LogP contribution in [0.25, 0.3) is 0 Å². The first-order valence-corrected chi connectivity index (χ1v) is 19.6. The van der Waals surface area contributed by atoms with E-state index in [9.17, 15) is 38.7 Å². The highest BCUT2D eigenvalue weighted by Gasteiger charge is 2.65. The zero-order valence-corrected chi connectivity index (χ0v) is 33.6. The summed E-state index contributed by atoms with van der Waals surface area (Å²) in [7, 11) is 0. The Bertz CT molecular complexity index is 1300. The molecule has 2 rings (SSSR count). The molecular weight excluding hydrogens is 744 g/mol. The van der Waals surface area contributed by atoms with Crippen molar-refractivity contribution >= 4 is 41.8 Å². The molecule has 2 heterocycles. The summed E-state index contributed by atoms with van der Waals surface area (Å²) < 4.78 is 58.8. The zero-order valence-electron chi connectivity index (χ0n) is 33.6. The highest BCUT2D eigenvalue weighted by atomic mass is 16.8. The minimum absolute atomic E-state index is 0.0437. The molecule has 0 saturated carbocycles. The molecular formula is C38H60O18. The molecule has 9 atom stereocenters. The summed E-state index contributed by atoms with van der Waals surface area (Å²) in [6.07, 6.45) is -11.0. The number of esters is 7. The van der Waals surface area contributed by atoms with Crippen LogP contribution < -0.4 is 0 Å². The average molecular weight is 805 g/mol. The van der Waals surface area contributed by atoms with Gasteiger partial charge in [0.05, 0.1) is 6.61 Å². The van der Waals surface area contributed by atoms with Gasteiger partial charge in [-0.05, 0) is 38.5 Å². The van der Waals surface area contributed by atoms with E-state index in [0.29, 0.717) is 38.5 Å². The number of ether oxygens (including phenoxy) is 10. The molecule has 0 bridgehead atoms. The predicted octanol–water partition coefficient (Wildman–Crippen LogP) is 3.28. The smallest absolute Gasteiger partial charge is 0.306 e. The molecule has 0 aromatic carbocycles. The molecule has 0 aromatic heterocycles. The van der Waals surface area contributed by atoms with Gasteiger partial charge in [-0.1, -0.05) is 41.5 Å². The van der Waals surface area contributed by atoms with Gasteiger partial charge >= 0.3 is 41.8 Å². The fraction of sp³-hybridized carbons (Fsp3) is 0.816. The van der Waals surface area contributed by atoms with Crippen molar-refractivity contribution in [1.82, 2.24) is 0 Å². The molecule has 18 nitrogen and oxygen atoms in total. The minimum atomic E-state index is -2.46. The molecule has 0 spiro atoms. The zero-order chi connectivity index (χ0) is 41.8. The Balaban J connectivity index is 2.86. The van der Waals surface area contributed by atoms with Gasteiger partial charge in [-0.3, -0.25) is 33.6 Å². The molecule has 0 aliphatic carbocycles. The number of carbonyl (C=O) groups excluding carboxylic acids is 7. The molecule has 0 unspecified atom stereocenters. The fourth-order valence-electron chi connectivity index (χ4n) is 5.97. The molecule has 320 valence electrons. The van der Waals surface area contributed by atoms with Crippen LogP contribution in [0.15, 0.2) is 0 Å². The van der Waals surface area contributed by atoms with Gasteiger partial charge in [0, 0.05) is 45.4 Å². The number of hydrogen-bond acceptors (Lipinski definition) is 18. The van der Waals surface area contributed by atoms with Crippen molar-refractivity contribution in [3.05, 3.63) is 0 Å². The second-order valence-electron chi connectivity index (χ2n) is 13.5. The third-order valence-electron chi connectivity index (χ3n) is 8.47. The third-order valence-corrected chi connectivity index (χ3v) is 8.47. The molecule has 0 radical (unpaired) electrons. The molecule has 2 aliphatic rings. The van der Waals surface area contributed by atoms with E-state index < -0.39 is 116 Å². The summed E-state index contributed by atoms with van der Waals surface area (Å²) in [4.78, 5) is 90.2. The van der Waals surface area contributed by atoms with Gasteiger partial charge in [-0.2, -0.15) is 0 Å². The normalized spacial score (nSPS) is 27.1. The Hall–Kier alpha value is -3.87. The van der Waals surface area contributed by atoms with Gasteiger partial charge in [0.25, 0.3) is 0 Å². The number of carbonyl (C=O) groups is 7. The van der Waals surface area contributed by atoms with Gasteiger partial charge < -0.3 is 52.5 Å². The number of aliphatic hydroxyl groups excluding tert-OH is 1. The maximum absolute atomic E-state index is 13.2. The van der Waals surface area contributed by atoms with Crippen molar-refractivity contribution in [2.75, 3.05) is 19.8 Å². The molecule has 1 N–H and O–H groups in total. The van der Waals surface area contributed by atoms with E-state index in [-0.39, 0.29) is 38.5 Å². The summed E-state index contributed by atoms with van der Waals surface area (Å²) in [5.74, 6) is -7.74. The first-order chi connectivity index (χ1) is 26.7. The van der Waals surface area contributed by atoms with Crippen LogP contribution in [0.2, 0.25) is 0 Å². The quantitative estimate of drug-likeness (QED) is 0.109. The van der Waals surface area contributed by atoms with E-state index in [1.807, 2.05) is 0 Å². The summed E-state index contributed by atoms with van der Waals surface area (Å²) in [6, 6.07) is 0. The molecule has 2 aliphatic heterocycles. The van der Waals surface area contributed by atoms with Gasteiger partial charge in [0.1, 0.15) is 25.4 Å². The molecule has 56 heavy (non-hydrogen) atoms. The van der Waals surface area contributed by atoms with Gasteiger partial charge in [0.15, 0.2) is 30.5 Å². The Morgan fingerprint density at radius 1 is 0.536 bits per heavy atom. The third kappa shape index (κ3) is 14.6. The molecule has 2 saturated heterocycles. The number of hydrogen-bond donors (Lipinski definition) is 1. The van der Waals surface area contributed by atoms with Crippen LogP contribution in [-0.4, -0.2) is 122 Å². The van der Waals surface area contributed by atoms with E-state index in [1.54, 1.807) is 41.5 Å². The second kappa shape index (κ2) is 24.7. The fourth-order valence-corrected chi connectivity index (χ4v) is 5.97. The topological polar surface area (TPSA) is 232 Å². The Morgan fingerprint density at radius 2 is 0.964 bits per heavy atom. The van der Waals surface area contributed by atoms with Crippen LogP contribution in [0.3, 0.4) is 0 Å². The van der Waals surface area contributed by atoms with E-state index in [1.165, 1.54) is 0 Å². The Kier molecular flexibility index (Phi) is 21.3. The monoisotopic (exact) mass is 804 g/mol. The summed E-state index contributed by atoms with van der Waals surface area (Å²) in [5, 5.41) is 10.6. The largest absolute Gasteiger partial charge is 0.463 e. The lowest BCUT2D eigenvalue weighted by Crippen LogP contribution is -2.65. The van der Waals surface area contributed by atoms with Gasteiger partial charge in [0.2, 0.25) is 12.1 Å². The van der Waals surface area contributed by atoms with E-state index in [4.69, 9.17) is 47.4 Å². The van der Waals surface area contributed by atoms with Crippen molar-refractivity contribution < 1.29 is 86.0 Å². The van der Waals surface area contributed by atoms with Crippen molar-refractivity contribution in [1.29, 1.82) is 0 Å². The predicted molar refractivity (Wildman–Crippen MR) is 191 cm³/mol. The first kappa shape index (κ1) is 48.3.